The molecule has 0 heterocycles. The first-order valence-corrected chi connectivity index (χ1v) is 7.77. The van der Waals surface area contributed by atoms with Gasteiger partial charge in [-0.25, -0.2) is 0 Å². The minimum Gasteiger partial charge on any atom is -0.317 e. The largest absolute Gasteiger partial charge is 0.317 e. The molecular formula is C16H33N. The highest BCUT2D eigenvalue weighted by Crippen LogP contribution is 2.04. The third-order valence-corrected chi connectivity index (χ3v) is 3.08. The molecule has 0 aliphatic rings. The molecule has 0 aromatic rings. The average molecular weight is 239 g/mol. The van der Waals surface area contributed by atoms with Gasteiger partial charge in [0.1, 0.15) is 0 Å². The number of rotatable bonds is 13. The van der Waals surface area contributed by atoms with Gasteiger partial charge in [0, 0.05) is 0 Å². The van der Waals surface area contributed by atoms with E-state index in [0.717, 1.165) is 0 Å². The second-order valence-corrected chi connectivity index (χ2v) is 4.89. The summed E-state index contributed by atoms with van der Waals surface area (Å²) in [5.41, 5.74) is 0. The molecule has 0 saturated carbocycles. The molecule has 1 nitrogen and oxygen atoms in total. The van der Waals surface area contributed by atoms with E-state index in [-0.39, 0.29) is 0 Å². The fourth-order valence-electron chi connectivity index (χ4n) is 1.95. The molecule has 0 rings (SSSR count). The van der Waals surface area contributed by atoms with E-state index in [9.17, 15) is 0 Å². The zero-order valence-corrected chi connectivity index (χ0v) is 12.1. The first-order chi connectivity index (χ1) is 8.41. The van der Waals surface area contributed by atoms with Gasteiger partial charge in [-0.1, -0.05) is 58.1 Å². The molecule has 1 N–H and O–H groups in total. The molecule has 17 heavy (non-hydrogen) atoms. The first-order valence-electron chi connectivity index (χ1n) is 7.77. The second-order valence-electron chi connectivity index (χ2n) is 4.89. The summed E-state index contributed by atoms with van der Waals surface area (Å²) in [4.78, 5) is 0. The fourth-order valence-corrected chi connectivity index (χ4v) is 1.95. The van der Waals surface area contributed by atoms with E-state index in [4.69, 9.17) is 0 Å². The van der Waals surface area contributed by atoms with Gasteiger partial charge in [0.15, 0.2) is 0 Å². The highest BCUT2D eigenvalue weighted by Gasteiger charge is 1.90. The van der Waals surface area contributed by atoms with Crippen molar-refractivity contribution in [3.63, 3.8) is 0 Å². The van der Waals surface area contributed by atoms with Crippen molar-refractivity contribution in [3.8, 4) is 0 Å². The van der Waals surface area contributed by atoms with Crippen LogP contribution in [0.5, 0.6) is 0 Å². The van der Waals surface area contributed by atoms with Gasteiger partial charge in [-0.3, -0.25) is 0 Å². The Morgan fingerprint density at radius 1 is 0.706 bits per heavy atom. The van der Waals surface area contributed by atoms with Crippen molar-refractivity contribution < 1.29 is 0 Å². The number of allylic oxidation sites excluding steroid dienone is 2. The van der Waals surface area contributed by atoms with Crippen LogP contribution in [0.3, 0.4) is 0 Å². The molecule has 0 saturated heterocycles. The molecule has 0 amide bonds. The Morgan fingerprint density at radius 3 is 2.06 bits per heavy atom. The lowest BCUT2D eigenvalue weighted by atomic mass is 10.1. The van der Waals surface area contributed by atoms with Crippen LogP contribution in [0, 0.1) is 0 Å². The topological polar surface area (TPSA) is 12.0 Å². The summed E-state index contributed by atoms with van der Waals surface area (Å²) >= 11 is 0. The molecule has 1 heteroatoms. The molecule has 0 aliphatic heterocycles. The minimum atomic E-state index is 1.18. The van der Waals surface area contributed by atoms with E-state index in [1.54, 1.807) is 0 Å². The summed E-state index contributed by atoms with van der Waals surface area (Å²) < 4.78 is 0. The maximum absolute atomic E-state index is 3.54. The van der Waals surface area contributed by atoms with Crippen LogP contribution >= 0.6 is 0 Å². The summed E-state index contributed by atoms with van der Waals surface area (Å²) in [6.45, 7) is 6.89. The predicted octanol–water partition coefficient (Wildman–Crippen LogP) is 5.07. The fraction of sp³-hybridized carbons (Fsp3) is 0.875. The molecule has 0 aromatic heterocycles. The van der Waals surface area contributed by atoms with Gasteiger partial charge in [-0.2, -0.15) is 0 Å². The van der Waals surface area contributed by atoms with E-state index >= 15 is 0 Å². The lowest BCUT2D eigenvalue weighted by Gasteiger charge is -2.04. The molecule has 0 spiro atoms. The molecule has 0 radical (unpaired) electrons. The van der Waals surface area contributed by atoms with Crippen molar-refractivity contribution in [3.05, 3.63) is 12.2 Å². The Kier molecular flexibility index (Phi) is 15.4. The van der Waals surface area contributed by atoms with E-state index < -0.39 is 0 Å². The van der Waals surface area contributed by atoms with Gasteiger partial charge in [-0.15, -0.1) is 0 Å². The summed E-state index contributed by atoms with van der Waals surface area (Å²) in [6, 6.07) is 0. The summed E-state index contributed by atoms with van der Waals surface area (Å²) in [5.74, 6) is 0. The summed E-state index contributed by atoms with van der Waals surface area (Å²) in [6.07, 6.45) is 18.1. The quantitative estimate of drug-likeness (QED) is 0.349. The zero-order valence-electron chi connectivity index (χ0n) is 12.1. The van der Waals surface area contributed by atoms with Gasteiger partial charge in [0.25, 0.3) is 0 Å². The highest BCUT2D eigenvalue weighted by atomic mass is 14.8. The smallest absolute Gasteiger partial charge is 0.00488 e. The molecule has 102 valence electrons. The van der Waals surface area contributed by atoms with Crippen LogP contribution in [-0.4, -0.2) is 13.1 Å². The number of unbranched alkanes of at least 4 members (excludes halogenated alkanes) is 7. The Labute approximate surface area is 109 Å². The van der Waals surface area contributed by atoms with Gasteiger partial charge < -0.3 is 5.32 Å². The van der Waals surface area contributed by atoms with E-state index in [2.05, 4.69) is 31.3 Å². The Morgan fingerprint density at radius 2 is 1.35 bits per heavy atom. The van der Waals surface area contributed by atoms with E-state index in [0.29, 0.717) is 0 Å². The molecule has 0 unspecified atom stereocenters. The van der Waals surface area contributed by atoms with E-state index in [1.165, 1.54) is 77.3 Å². The van der Waals surface area contributed by atoms with Crippen molar-refractivity contribution in [2.24, 2.45) is 0 Å². The molecule has 0 fully saturated rings. The Bertz CT molecular complexity index is 152. The van der Waals surface area contributed by atoms with Gasteiger partial charge in [0.2, 0.25) is 0 Å². The maximum atomic E-state index is 3.54. The number of hydrogen-bond donors (Lipinski definition) is 1. The molecule has 0 aromatic carbocycles. The lowest BCUT2D eigenvalue weighted by Crippen LogP contribution is -2.16. The SMILES string of the molecule is CC/C=C/CCCCNCCCCCCCC. The third-order valence-electron chi connectivity index (χ3n) is 3.08. The molecular weight excluding hydrogens is 206 g/mol. The predicted molar refractivity (Wildman–Crippen MR) is 79.5 cm³/mol. The van der Waals surface area contributed by atoms with Crippen LogP contribution in [0.25, 0.3) is 0 Å². The third kappa shape index (κ3) is 15.7. The lowest BCUT2D eigenvalue weighted by molar-refractivity contribution is 0.559. The molecule has 0 atom stereocenters. The normalized spacial score (nSPS) is 11.4. The van der Waals surface area contributed by atoms with Gasteiger partial charge in [0.05, 0.1) is 0 Å². The van der Waals surface area contributed by atoms with Crippen molar-refractivity contribution in [2.75, 3.05) is 13.1 Å². The van der Waals surface area contributed by atoms with Crippen molar-refractivity contribution in [2.45, 2.75) is 78.1 Å². The first kappa shape index (κ1) is 16.7. The van der Waals surface area contributed by atoms with Crippen molar-refractivity contribution in [1.82, 2.24) is 5.32 Å². The molecule has 0 aliphatic carbocycles. The van der Waals surface area contributed by atoms with Crippen LogP contribution in [0.15, 0.2) is 12.2 Å². The van der Waals surface area contributed by atoms with Crippen molar-refractivity contribution >= 4 is 0 Å². The molecule has 0 bridgehead atoms. The number of nitrogens with one attached hydrogen (secondary N) is 1. The average Bonchev–Trinajstić information content (AvgIpc) is 2.35. The van der Waals surface area contributed by atoms with Crippen LogP contribution < -0.4 is 5.32 Å². The zero-order chi connectivity index (χ0) is 12.6. The number of hydrogen-bond acceptors (Lipinski definition) is 1. The monoisotopic (exact) mass is 239 g/mol. The second kappa shape index (κ2) is 15.7. The van der Waals surface area contributed by atoms with E-state index in [1.807, 2.05) is 0 Å². The van der Waals surface area contributed by atoms with Crippen LogP contribution in [-0.2, 0) is 0 Å². The van der Waals surface area contributed by atoms with Gasteiger partial charge >= 0.3 is 0 Å². The highest BCUT2D eigenvalue weighted by molar-refractivity contribution is 4.79. The van der Waals surface area contributed by atoms with Crippen LogP contribution in [0.2, 0.25) is 0 Å². The Balaban J connectivity index is 2.91. The van der Waals surface area contributed by atoms with Crippen LogP contribution in [0.4, 0.5) is 0 Å². The summed E-state index contributed by atoms with van der Waals surface area (Å²) in [7, 11) is 0. The minimum absolute atomic E-state index is 1.18. The Hall–Kier alpha value is -0.300. The maximum Gasteiger partial charge on any atom is -0.00488 e. The summed E-state index contributed by atoms with van der Waals surface area (Å²) in [5, 5.41) is 3.54. The standard InChI is InChI=1S/C16H33N/c1-3-5-7-9-11-13-15-17-16-14-12-10-8-6-4-2/h5,7,17H,3-4,6,8-16H2,1-2H3/b7-5+. The van der Waals surface area contributed by atoms with Crippen LogP contribution in [0.1, 0.15) is 78.1 Å². The van der Waals surface area contributed by atoms with Gasteiger partial charge in [-0.05, 0) is 45.2 Å². The van der Waals surface area contributed by atoms with Crippen molar-refractivity contribution in [1.29, 1.82) is 0 Å².